The van der Waals surface area contributed by atoms with E-state index in [1.54, 1.807) is 18.4 Å². The molecule has 13 N–H and O–H groups in total. The molecule has 0 saturated heterocycles. The molecule has 1 aromatic rings. The number of rotatable bonds is 18. The van der Waals surface area contributed by atoms with Crippen molar-refractivity contribution in [3.05, 3.63) is 29.8 Å². The Balaban J connectivity index is 3.08. The standard InChI is InChI=1S/C24H38N8O7S/c1-40-10-8-16(21(36)32-18(23(38)39)12-19(26)34)30-22(37)17(11-13-4-6-14(33)7-5-13)31-20(35)15(25)3-2-9-29-24(27)28/h4-7,15-18,33H,2-3,8-12,25H2,1H3,(H2,26,34)(H,30,37)(H,31,35)(H,32,36)(H,38,39)(H4,27,28,29). The lowest BCUT2D eigenvalue weighted by atomic mass is 10.0. The summed E-state index contributed by atoms with van der Waals surface area (Å²) in [5, 5.41) is 26.3. The number of aliphatic imine (C=N–C) groups is 1. The molecule has 222 valence electrons. The van der Waals surface area contributed by atoms with Crippen LogP contribution in [0.15, 0.2) is 29.3 Å². The zero-order chi connectivity index (χ0) is 30.2. The summed E-state index contributed by atoms with van der Waals surface area (Å²) in [5.41, 5.74) is 22.2. The number of guanidine groups is 1. The van der Waals surface area contributed by atoms with Crippen molar-refractivity contribution in [3.8, 4) is 5.75 Å². The number of carbonyl (C=O) groups is 5. The molecule has 0 aromatic heterocycles. The Bertz CT molecular complexity index is 1050. The normalized spacial score (nSPS) is 13.7. The van der Waals surface area contributed by atoms with Crippen LogP contribution in [0.3, 0.4) is 0 Å². The number of phenolic OH excluding ortho intramolecular Hbond substituents is 1. The number of nitrogens with two attached hydrogens (primary N) is 4. The van der Waals surface area contributed by atoms with Crippen LogP contribution in [0.1, 0.15) is 31.2 Å². The first kappa shape index (κ1) is 34.0. The fourth-order valence-electron chi connectivity index (χ4n) is 3.46. The third-order valence-corrected chi connectivity index (χ3v) is 6.22. The van der Waals surface area contributed by atoms with E-state index in [0.717, 1.165) is 0 Å². The molecule has 15 nitrogen and oxygen atoms in total. The van der Waals surface area contributed by atoms with Gasteiger partial charge in [0, 0.05) is 13.0 Å². The lowest BCUT2D eigenvalue weighted by Gasteiger charge is -2.25. The molecule has 0 aliphatic carbocycles. The number of phenols is 1. The van der Waals surface area contributed by atoms with Gasteiger partial charge < -0.3 is 49.1 Å². The number of benzene rings is 1. The molecule has 4 atom stereocenters. The molecule has 0 radical (unpaired) electrons. The Morgan fingerprint density at radius 2 is 1.48 bits per heavy atom. The number of carboxylic acids is 1. The van der Waals surface area contributed by atoms with Gasteiger partial charge >= 0.3 is 5.97 Å². The molecule has 1 aromatic carbocycles. The van der Waals surface area contributed by atoms with Crippen LogP contribution in [-0.2, 0) is 30.4 Å². The fraction of sp³-hybridized carbons (Fsp3) is 0.500. The Morgan fingerprint density at radius 3 is 2.02 bits per heavy atom. The number of aromatic hydroxyl groups is 1. The first-order valence-electron chi connectivity index (χ1n) is 12.3. The van der Waals surface area contributed by atoms with Gasteiger partial charge in [-0.2, -0.15) is 11.8 Å². The molecule has 0 aliphatic rings. The third kappa shape index (κ3) is 13.1. The number of nitrogens with zero attached hydrogens (tertiary/aromatic N) is 1. The number of carboxylic acid groups (broad SMARTS) is 1. The van der Waals surface area contributed by atoms with Crippen molar-refractivity contribution in [2.24, 2.45) is 27.9 Å². The van der Waals surface area contributed by atoms with Crippen LogP contribution >= 0.6 is 11.8 Å². The number of carbonyl (C=O) groups excluding carboxylic acids is 4. The van der Waals surface area contributed by atoms with Crippen LogP contribution in [0.4, 0.5) is 0 Å². The monoisotopic (exact) mass is 582 g/mol. The van der Waals surface area contributed by atoms with Crippen molar-refractivity contribution >= 4 is 47.3 Å². The molecular weight excluding hydrogens is 544 g/mol. The Morgan fingerprint density at radius 1 is 0.900 bits per heavy atom. The highest BCUT2D eigenvalue weighted by Gasteiger charge is 2.31. The smallest absolute Gasteiger partial charge is 0.326 e. The van der Waals surface area contributed by atoms with E-state index in [2.05, 4.69) is 20.9 Å². The van der Waals surface area contributed by atoms with Gasteiger partial charge in [-0.15, -0.1) is 0 Å². The second kappa shape index (κ2) is 17.5. The zero-order valence-corrected chi connectivity index (χ0v) is 23.0. The van der Waals surface area contributed by atoms with E-state index < -0.39 is 60.2 Å². The Labute approximate surface area is 235 Å². The van der Waals surface area contributed by atoms with Crippen LogP contribution in [0.25, 0.3) is 0 Å². The molecule has 0 aliphatic heterocycles. The first-order chi connectivity index (χ1) is 18.8. The van der Waals surface area contributed by atoms with Crippen LogP contribution in [0.2, 0.25) is 0 Å². The fourth-order valence-corrected chi connectivity index (χ4v) is 3.93. The number of primary amides is 1. The predicted octanol–water partition coefficient (Wildman–Crippen LogP) is -2.52. The minimum atomic E-state index is -1.58. The lowest BCUT2D eigenvalue weighted by Crippen LogP contribution is -2.58. The molecule has 0 bridgehead atoms. The Hall–Kier alpha value is -4.05. The third-order valence-electron chi connectivity index (χ3n) is 5.58. The lowest BCUT2D eigenvalue weighted by molar-refractivity contribution is -0.143. The summed E-state index contributed by atoms with van der Waals surface area (Å²) in [5.74, 6) is -4.22. The average Bonchev–Trinajstić information content (AvgIpc) is 2.88. The summed E-state index contributed by atoms with van der Waals surface area (Å²) in [4.78, 5) is 65.6. The molecule has 0 heterocycles. The van der Waals surface area contributed by atoms with Crippen molar-refractivity contribution in [3.63, 3.8) is 0 Å². The van der Waals surface area contributed by atoms with E-state index in [4.69, 9.17) is 22.9 Å². The summed E-state index contributed by atoms with van der Waals surface area (Å²) in [7, 11) is 0. The summed E-state index contributed by atoms with van der Waals surface area (Å²) in [6, 6.07) is 1.05. The topological polar surface area (TPSA) is 278 Å². The average molecular weight is 583 g/mol. The van der Waals surface area contributed by atoms with Gasteiger partial charge in [-0.1, -0.05) is 12.1 Å². The van der Waals surface area contributed by atoms with Gasteiger partial charge in [-0.3, -0.25) is 24.2 Å². The van der Waals surface area contributed by atoms with Crippen molar-refractivity contribution in [2.75, 3.05) is 18.6 Å². The van der Waals surface area contributed by atoms with E-state index in [1.165, 1.54) is 23.9 Å². The zero-order valence-electron chi connectivity index (χ0n) is 22.2. The minimum Gasteiger partial charge on any atom is -0.508 e. The van der Waals surface area contributed by atoms with Gasteiger partial charge in [0.05, 0.1) is 12.5 Å². The van der Waals surface area contributed by atoms with Crippen LogP contribution < -0.4 is 38.9 Å². The summed E-state index contributed by atoms with van der Waals surface area (Å²) in [6.07, 6.45) is 1.91. The van der Waals surface area contributed by atoms with Crippen molar-refractivity contribution in [1.29, 1.82) is 0 Å². The molecule has 0 fully saturated rings. The second-order valence-electron chi connectivity index (χ2n) is 8.90. The Kier molecular flexibility index (Phi) is 14.9. The molecule has 1 rings (SSSR count). The first-order valence-corrected chi connectivity index (χ1v) is 13.7. The van der Waals surface area contributed by atoms with E-state index in [9.17, 15) is 34.2 Å². The van der Waals surface area contributed by atoms with E-state index in [1.807, 2.05) is 0 Å². The molecule has 40 heavy (non-hydrogen) atoms. The van der Waals surface area contributed by atoms with E-state index in [0.29, 0.717) is 17.7 Å². The quantitative estimate of drug-likeness (QED) is 0.0495. The summed E-state index contributed by atoms with van der Waals surface area (Å²) < 4.78 is 0. The van der Waals surface area contributed by atoms with E-state index in [-0.39, 0.29) is 37.5 Å². The highest BCUT2D eigenvalue weighted by Crippen LogP contribution is 2.12. The van der Waals surface area contributed by atoms with Crippen molar-refractivity contribution in [1.82, 2.24) is 16.0 Å². The number of hydrogen-bond donors (Lipinski definition) is 9. The highest BCUT2D eigenvalue weighted by molar-refractivity contribution is 7.98. The maximum Gasteiger partial charge on any atom is 0.326 e. The molecule has 16 heteroatoms. The maximum atomic E-state index is 13.3. The van der Waals surface area contributed by atoms with Crippen LogP contribution in [0.5, 0.6) is 5.75 Å². The largest absolute Gasteiger partial charge is 0.508 e. The number of amides is 4. The van der Waals surface area contributed by atoms with Crippen molar-refractivity contribution in [2.45, 2.75) is 56.3 Å². The van der Waals surface area contributed by atoms with Gasteiger partial charge in [0.15, 0.2) is 5.96 Å². The van der Waals surface area contributed by atoms with Gasteiger partial charge in [0.2, 0.25) is 23.6 Å². The summed E-state index contributed by atoms with van der Waals surface area (Å²) in [6.45, 7) is 0.264. The number of nitrogens with one attached hydrogen (secondary N) is 3. The van der Waals surface area contributed by atoms with Gasteiger partial charge in [-0.05, 0) is 49.0 Å². The molecule has 0 spiro atoms. The maximum absolute atomic E-state index is 13.3. The van der Waals surface area contributed by atoms with Gasteiger partial charge in [0.25, 0.3) is 0 Å². The van der Waals surface area contributed by atoms with Crippen molar-refractivity contribution < 1.29 is 34.2 Å². The number of aliphatic carboxylic acids is 1. The SMILES string of the molecule is CSCCC(NC(=O)C(Cc1ccc(O)cc1)NC(=O)C(N)CCCN=C(N)N)C(=O)NC(CC(N)=O)C(=O)O. The highest BCUT2D eigenvalue weighted by atomic mass is 32.2. The van der Waals surface area contributed by atoms with Gasteiger partial charge in [-0.25, -0.2) is 4.79 Å². The number of thioether (sulfide) groups is 1. The predicted molar refractivity (Wildman–Crippen MR) is 150 cm³/mol. The van der Waals surface area contributed by atoms with E-state index >= 15 is 0 Å². The summed E-state index contributed by atoms with van der Waals surface area (Å²) >= 11 is 1.39. The molecule has 4 unspecified atom stereocenters. The van der Waals surface area contributed by atoms with Crippen LogP contribution in [0, 0.1) is 0 Å². The van der Waals surface area contributed by atoms with Crippen LogP contribution in [-0.4, -0.2) is 88.5 Å². The second-order valence-corrected chi connectivity index (χ2v) is 9.89. The molecule has 0 saturated carbocycles. The molecular formula is C24H38N8O7S. The van der Waals surface area contributed by atoms with Gasteiger partial charge in [0.1, 0.15) is 23.9 Å². The molecule has 4 amide bonds. The minimum absolute atomic E-state index is 0.00509. The number of hydrogen-bond acceptors (Lipinski definition) is 9.